The molecule has 0 radical (unpaired) electrons. The van der Waals surface area contributed by atoms with Gasteiger partial charge < -0.3 is 0 Å². The maximum Gasteiger partial charge on any atom is 0.263 e. The van der Waals surface area contributed by atoms with Gasteiger partial charge in [0.05, 0.1) is 6.04 Å². The van der Waals surface area contributed by atoms with Crippen LogP contribution in [0.25, 0.3) is 0 Å². The summed E-state index contributed by atoms with van der Waals surface area (Å²) in [6, 6.07) is 3.53. The number of sulfonamides is 1. The molecule has 0 spiro atoms. The summed E-state index contributed by atoms with van der Waals surface area (Å²) in [5.74, 6) is 0. The molecule has 2 aromatic rings. The Morgan fingerprint density at radius 2 is 2.24 bits per heavy atom. The molecule has 0 aromatic carbocycles. The number of hydrogen-bond donors (Lipinski definition) is 0. The van der Waals surface area contributed by atoms with Crippen LogP contribution >= 0.6 is 15.9 Å². The molecule has 1 saturated heterocycles. The van der Waals surface area contributed by atoms with Crippen molar-refractivity contribution >= 4 is 26.0 Å². The van der Waals surface area contributed by atoms with Gasteiger partial charge in [-0.15, -0.1) is 5.10 Å². The summed E-state index contributed by atoms with van der Waals surface area (Å²) in [7, 11) is -2.09. The topological polar surface area (TPSA) is 81.0 Å². The molecule has 0 aliphatic carbocycles. The lowest BCUT2D eigenvalue weighted by molar-refractivity contribution is 0.390. The van der Waals surface area contributed by atoms with Crippen molar-refractivity contribution in [1.29, 1.82) is 0 Å². The van der Waals surface area contributed by atoms with Crippen molar-refractivity contribution < 1.29 is 8.42 Å². The Morgan fingerprint density at radius 3 is 2.86 bits per heavy atom. The Balaban J connectivity index is 2.03. The fraction of sp³-hybridized carbons (Fsp3) is 0.417. The minimum absolute atomic E-state index is 0.0818. The third-order valence-electron chi connectivity index (χ3n) is 3.56. The highest BCUT2D eigenvalue weighted by Crippen LogP contribution is 2.37. The number of pyridine rings is 1. The molecule has 7 nitrogen and oxygen atoms in total. The Labute approximate surface area is 131 Å². The zero-order valence-corrected chi connectivity index (χ0v) is 13.7. The molecule has 0 saturated carbocycles. The second kappa shape index (κ2) is 5.47. The predicted molar refractivity (Wildman–Crippen MR) is 78.8 cm³/mol. The van der Waals surface area contributed by atoms with E-state index in [9.17, 15) is 8.42 Å². The van der Waals surface area contributed by atoms with Gasteiger partial charge in [-0.3, -0.25) is 4.98 Å². The average Bonchev–Trinajstić information content (AvgIpc) is 3.07. The smallest absolute Gasteiger partial charge is 0.263 e. The van der Waals surface area contributed by atoms with Crippen LogP contribution in [0.15, 0.2) is 34.2 Å². The summed E-state index contributed by atoms with van der Waals surface area (Å²) in [5, 5.41) is 7.60. The van der Waals surface area contributed by atoms with Crippen LogP contribution in [0.4, 0.5) is 0 Å². The van der Waals surface area contributed by atoms with E-state index in [-0.39, 0.29) is 15.7 Å². The van der Waals surface area contributed by atoms with Gasteiger partial charge in [-0.1, -0.05) is 11.3 Å². The quantitative estimate of drug-likeness (QED) is 0.816. The molecule has 0 bridgehead atoms. The molecule has 1 aliphatic rings. The van der Waals surface area contributed by atoms with Gasteiger partial charge in [-0.2, -0.15) is 4.31 Å². The van der Waals surface area contributed by atoms with Crippen molar-refractivity contribution in [1.82, 2.24) is 24.3 Å². The highest BCUT2D eigenvalue weighted by molar-refractivity contribution is 9.10. The lowest BCUT2D eigenvalue weighted by Crippen LogP contribution is -2.32. The first kappa shape index (κ1) is 14.6. The van der Waals surface area contributed by atoms with Crippen LogP contribution in [-0.4, -0.2) is 39.2 Å². The van der Waals surface area contributed by atoms with Gasteiger partial charge in [0.2, 0.25) is 5.03 Å². The molecular weight excluding hydrogens is 358 g/mol. The number of aromatic nitrogens is 4. The van der Waals surface area contributed by atoms with Gasteiger partial charge in [0.25, 0.3) is 10.0 Å². The van der Waals surface area contributed by atoms with Crippen molar-refractivity contribution in [2.45, 2.75) is 23.9 Å². The summed E-state index contributed by atoms with van der Waals surface area (Å²) in [4.78, 5) is 4.08. The van der Waals surface area contributed by atoms with E-state index in [0.717, 1.165) is 18.4 Å². The minimum Gasteiger partial charge on any atom is -0.264 e. The van der Waals surface area contributed by atoms with E-state index in [1.807, 2.05) is 12.1 Å². The lowest BCUT2D eigenvalue weighted by atomic mass is 10.1. The second-order valence-electron chi connectivity index (χ2n) is 4.87. The molecule has 1 atom stereocenters. The van der Waals surface area contributed by atoms with Gasteiger partial charge in [0.15, 0.2) is 4.60 Å². The standard InChI is InChI=1S/C12H14BrN5O2S/c1-17-12(11(13)15-16-17)21(19,20)18-7-3-5-10(18)9-4-2-6-14-8-9/h2,4,6,8,10H,3,5,7H2,1H3. The number of halogens is 1. The zero-order valence-electron chi connectivity index (χ0n) is 11.3. The largest absolute Gasteiger partial charge is 0.264 e. The van der Waals surface area contributed by atoms with Crippen LogP contribution in [0, 0.1) is 0 Å². The van der Waals surface area contributed by atoms with Crippen molar-refractivity contribution in [3.05, 3.63) is 34.7 Å². The van der Waals surface area contributed by atoms with Crippen LogP contribution in [0.5, 0.6) is 0 Å². The average molecular weight is 372 g/mol. The van der Waals surface area contributed by atoms with E-state index < -0.39 is 10.0 Å². The van der Waals surface area contributed by atoms with Crippen LogP contribution in [0.1, 0.15) is 24.4 Å². The predicted octanol–water partition coefficient (Wildman–Crippen LogP) is 1.50. The maximum absolute atomic E-state index is 12.9. The van der Waals surface area contributed by atoms with Crippen LogP contribution in [0.2, 0.25) is 0 Å². The number of aryl methyl sites for hydroxylation is 1. The number of rotatable bonds is 3. The van der Waals surface area contributed by atoms with E-state index in [0.29, 0.717) is 6.54 Å². The summed E-state index contributed by atoms with van der Waals surface area (Å²) in [6.07, 6.45) is 5.00. The molecule has 1 fully saturated rings. The maximum atomic E-state index is 12.9. The van der Waals surface area contributed by atoms with E-state index in [2.05, 4.69) is 31.2 Å². The van der Waals surface area contributed by atoms with Crippen molar-refractivity contribution in [3.63, 3.8) is 0 Å². The van der Waals surface area contributed by atoms with Crippen molar-refractivity contribution in [2.24, 2.45) is 7.05 Å². The molecule has 112 valence electrons. The summed E-state index contributed by atoms with van der Waals surface area (Å²) in [5.41, 5.74) is 0.907. The molecule has 2 aromatic heterocycles. The molecule has 1 aliphatic heterocycles. The van der Waals surface area contributed by atoms with Crippen molar-refractivity contribution in [2.75, 3.05) is 6.54 Å². The van der Waals surface area contributed by atoms with E-state index in [1.165, 1.54) is 8.99 Å². The molecular formula is C12H14BrN5O2S. The highest BCUT2D eigenvalue weighted by Gasteiger charge is 2.39. The Kier molecular flexibility index (Phi) is 3.80. The Hall–Kier alpha value is -1.32. The monoisotopic (exact) mass is 371 g/mol. The zero-order chi connectivity index (χ0) is 15.0. The normalized spacial score (nSPS) is 20.0. The van der Waals surface area contributed by atoms with E-state index in [1.54, 1.807) is 19.4 Å². The third-order valence-corrected chi connectivity index (χ3v) is 6.36. The second-order valence-corrected chi connectivity index (χ2v) is 7.43. The van der Waals surface area contributed by atoms with Gasteiger partial charge >= 0.3 is 0 Å². The molecule has 0 amide bonds. The third kappa shape index (κ3) is 2.49. The lowest BCUT2D eigenvalue weighted by Gasteiger charge is -2.23. The van der Waals surface area contributed by atoms with Crippen LogP contribution < -0.4 is 0 Å². The van der Waals surface area contributed by atoms with Crippen LogP contribution in [0.3, 0.4) is 0 Å². The van der Waals surface area contributed by atoms with Crippen LogP contribution in [-0.2, 0) is 17.1 Å². The minimum atomic E-state index is -3.66. The van der Waals surface area contributed by atoms with Gasteiger partial charge in [-0.25, -0.2) is 13.1 Å². The summed E-state index contributed by atoms with van der Waals surface area (Å²) < 4.78 is 28.8. The van der Waals surface area contributed by atoms with E-state index in [4.69, 9.17) is 0 Å². The molecule has 3 rings (SSSR count). The highest BCUT2D eigenvalue weighted by atomic mass is 79.9. The Morgan fingerprint density at radius 1 is 1.43 bits per heavy atom. The molecule has 21 heavy (non-hydrogen) atoms. The fourth-order valence-corrected chi connectivity index (χ4v) is 5.36. The first-order valence-corrected chi connectivity index (χ1v) is 8.72. The first-order chi connectivity index (χ1) is 10.0. The Bertz CT molecular complexity index is 727. The van der Waals surface area contributed by atoms with Gasteiger partial charge in [-0.05, 0) is 40.4 Å². The molecule has 1 unspecified atom stereocenters. The molecule has 9 heteroatoms. The first-order valence-electron chi connectivity index (χ1n) is 6.49. The number of hydrogen-bond acceptors (Lipinski definition) is 5. The SMILES string of the molecule is Cn1nnc(Br)c1S(=O)(=O)N1CCCC1c1cccnc1. The van der Waals surface area contributed by atoms with Gasteiger partial charge in [0, 0.05) is 26.0 Å². The van der Waals surface area contributed by atoms with Crippen molar-refractivity contribution in [3.8, 4) is 0 Å². The van der Waals surface area contributed by atoms with Gasteiger partial charge in [0.1, 0.15) is 0 Å². The summed E-state index contributed by atoms with van der Waals surface area (Å²) in [6.45, 7) is 0.486. The van der Waals surface area contributed by atoms with E-state index >= 15 is 0 Å². The molecule has 3 heterocycles. The summed E-state index contributed by atoms with van der Waals surface area (Å²) >= 11 is 3.16. The number of nitrogens with zero attached hydrogens (tertiary/aromatic N) is 5. The molecule has 0 N–H and O–H groups in total. The fourth-order valence-electron chi connectivity index (χ4n) is 2.64.